The van der Waals surface area contributed by atoms with Gasteiger partial charge in [-0.3, -0.25) is 11.3 Å². The minimum Gasteiger partial charge on any atom is -0.381 e. The van der Waals surface area contributed by atoms with Crippen molar-refractivity contribution in [3.63, 3.8) is 0 Å². The Morgan fingerprint density at radius 3 is 2.94 bits per heavy atom. The molecule has 17 heavy (non-hydrogen) atoms. The zero-order valence-corrected chi connectivity index (χ0v) is 10.6. The van der Waals surface area contributed by atoms with Gasteiger partial charge < -0.3 is 4.74 Å². The maximum absolute atomic E-state index is 6.15. The number of halogens is 1. The number of ether oxygens (including phenoxy) is 1. The topological polar surface area (TPSA) is 47.3 Å². The van der Waals surface area contributed by atoms with Crippen LogP contribution in [-0.4, -0.2) is 19.3 Å². The Hall–Kier alpha value is -0.610. The zero-order chi connectivity index (χ0) is 12.1. The van der Waals surface area contributed by atoms with Crippen molar-refractivity contribution in [3.05, 3.63) is 34.9 Å². The van der Waals surface area contributed by atoms with Crippen LogP contribution in [0.1, 0.15) is 18.4 Å². The lowest BCUT2D eigenvalue weighted by molar-refractivity contribution is 0.181. The van der Waals surface area contributed by atoms with E-state index in [4.69, 9.17) is 22.2 Å². The van der Waals surface area contributed by atoms with Crippen LogP contribution in [0.15, 0.2) is 24.3 Å². The Balaban J connectivity index is 1.92. The third-order valence-corrected chi connectivity index (χ3v) is 3.67. The predicted molar refractivity (Wildman–Crippen MR) is 69.8 cm³/mol. The first-order valence-electron chi connectivity index (χ1n) is 6.07. The summed E-state index contributed by atoms with van der Waals surface area (Å²) < 4.78 is 5.38. The van der Waals surface area contributed by atoms with Gasteiger partial charge in [-0.2, -0.15) is 0 Å². The van der Waals surface area contributed by atoms with Gasteiger partial charge in [-0.05, 0) is 36.8 Å². The molecule has 1 aromatic rings. The van der Waals surface area contributed by atoms with Gasteiger partial charge in [0, 0.05) is 24.3 Å². The van der Waals surface area contributed by atoms with E-state index in [0.29, 0.717) is 5.92 Å². The molecule has 2 atom stereocenters. The van der Waals surface area contributed by atoms with Gasteiger partial charge in [-0.15, -0.1) is 0 Å². The lowest BCUT2D eigenvalue weighted by Crippen LogP contribution is -2.38. The summed E-state index contributed by atoms with van der Waals surface area (Å²) in [6, 6.07) is 8.19. The molecule has 0 spiro atoms. The van der Waals surface area contributed by atoms with E-state index in [1.54, 1.807) is 0 Å². The molecule has 0 amide bonds. The molecule has 4 heteroatoms. The van der Waals surface area contributed by atoms with Gasteiger partial charge in [0.15, 0.2) is 0 Å². The average Bonchev–Trinajstić information content (AvgIpc) is 2.84. The van der Waals surface area contributed by atoms with Crippen molar-refractivity contribution in [1.82, 2.24) is 5.43 Å². The Bertz CT molecular complexity index is 353. The van der Waals surface area contributed by atoms with Crippen molar-refractivity contribution < 1.29 is 4.74 Å². The SMILES string of the molecule is NNC(Cc1ccccc1Cl)CC1CCOC1. The highest BCUT2D eigenvalue weighted by Crippen LogP contribution is 2.22. The quantitative estimate of drug-likeness (QED) is 0.625. The van der Waals surface area contributed by atoms with Gasteiger partial charge in [0.1, 0.15) is 0 Å². The minimum atomic E-state index is 0.265. The van der Waals surface area contributed by atoms with Crippen LogP contribution in [0.5, 0.6) is 0 Å². The molecule has 0 aromatic heterocycles. The number of nitrogens with one attached hydrogen (secondary N) is 1. The summed E-state index contributed by atoms with van der Waals surface area (Å²) in [6.07, 6.45) is 3.05. The third-order valence-electron chi connectivity index (χ3n) is 3.30. The lowest BCUT2D eigenvalue weighted by Gasteiger charge is -2.19. The van der Waals surface area contributed by atoms with Crippen LogP contribution < -0.4 is 11.3 Å². The third kappa shape index (κ3) is 3.68. The number of rotatable bonds is 5. The van der Waals surface area contributed by atoms with Crippen molar-refractivity contribution in [2.45, 2.75) is 25.3 Å². The highest BCUT2D eigenvalue weighted by molar-refractivity contribution is 6.31. The Morgan fingerprint density at radius 1 is 1.47 bits per heavy atom. The molecule has 1 fully saturated rings. The molecular formula is C13H19ClN2O. The van der Waals surface area contributed by atoms with E-state index in [1.165, 1.54) is 0 Å². The van der Waals surface area contributed by atoms with Crippen LogP contribution in [-0.2, 0) is 11.2 Å². The molecule has 1 aliphatic heterocycles. The number of hydrazine groups is 1. The smallest absolute Gasteiger partial charge is 0.0495 e. The Labute approximate surface area is 107 Å². The summed E-state index contributed by atoms with van der Waals surface area (Å²) in [4.78, 5) is 0. The van der Waals surface area contributed by atoms with Crippen molar-refractivity contribution in [2.75, 3.05) is 13.2 Å². The maximum Gasteiger partial charge on any atom is 0.0495 e. The molecule has 2 rings (SSSR count). The standard InChI is InChI=1S/C13H19ClN2O/c14-13-4-2-1-3-11(13)8-12(16-15)7-10-5-6-17-9-10/h1-4,10,12,16H,5-9,15H2. The first kappa shape index (κ1) is 12.8. The van der Waals surface area contributed by atoms with Gasteiger partial charge in [-0.25, -0.2) is 0 Å². The van der Waals surface area contributed by atoms with E-state index in [2.05, 4.69) is 11.5 Å². The van der Waals surface area contributed by atoms with Crippen molar-refractivity contribution in [2.24, 2.45) is 11.8 Å². The van der Waals surface area contributed by atoms with E-state index >= 15 is 0 Å². The molecule has 1 saturated heterocycles. The number of nitrogens with two attached hydrogens (primary N) is 1. The minimum absolute atomic E-state index is 0.265. The molecule has 0 bridgehead atoms. The number of hydrogen-bond acceptors (Lipinski definition) is 3. The summed E-state index contributed by atoms with van der Waals surface area (Å²) in [7, 11) is 0. The fourth-order valence-electron chi connectivity index (χ4n) is 2.31. The normalized spacial score (nSPS) is 21.6. The summed E-state index contributed by atoms with van der Waals surface area (Å²) in [6.45, 7) is 1.74. The summed E-state index contributed by atoms with van der Waals surface area (Å²) in [5, 5.41) is 0.815. The van der Waals surface area contributed by atoms with Gasteiger partial charge in [0.05, 0.1) is 0 Å². The molecule has 2 unspecified atom stereocenters. The van der Waals surface area contributed by atoms with Crippen LogP contribution in [0.3, 0.4) is 0 Å². The van der Waals surface area contributed by atoms with Crippen molar-refractivity contribution >= 4 is 11.6 Å². The van der Waals surface area contributed by atoms with Gasteiger partial charge in [0.25, 0.3) is 0 Å². The summed E-state index contributed by atoms with van der Waals surface area (Å²) in [5.41, 5.74) is 4.04. The fourth-order valence-corrected chi connectivity index (χ4v) is 2.52. The van der Waals surface area contributed by atoms with Crippen LogP contribution >= 0.6 is 11.6 Å². The Kier molecular flexibility index (Phi) is 4.80. The molecular weight excluding hydrogens is 236 g/mol. The fraction of sp³-hybridized carbons (Fsp3) is 0.538. The van der Waals surface area contributed by atoms with Gasteiger partial charge in [0.2, 0.25) is 0 Å². The molecule has 0 radical (unpaired) electrons. The summed E-state index contributed by atoms with van der Waals surface area (Å²) >= 11 is 6.15. The molecule has 3 N–H and O–H groups in total. The first-order chi connectivity index (χ1) is 8.29. The zero-order valence-electron chi connectivity index (χ0n) is 9.86. The number of hydrogen-bond donors (Lipinski definition) is 2. The van der Waals surface area contributed by atoms with E-state index < -0.39 is 0 Å². The van der Waals surface area contributed by atoms with Crippen LogP contribution in [0.25, 0.3) is 0 Å². The molecule has 1 aliphatic rings. The predicted octanol–water partition coefficient (Wildman–Crippen LogP) is 2.14. The number of benzene rings is 1. The molecule has 94 valence electrons. The van der Waals surface area contributed by atoms with E-state index in [-0.39, 0.29) is 6.04 Å². The molecule has 0 aliphatic carbocycles. The van der Waals surface area contributed by atoms with Crippen LogP contribution in [0, 0.1) is 5.92 Å². The van der Waals surface area contributed by atoms with Crippen LogP contribution in [0.4, 0.5) is 0 Å². The largest absolute Gasteiger partial charge is 0.381 e. The maximum atomic E-state index is 6.15. The second kappa shape index (κ2) is 6.36. The monoisotopic (exact) mass is 254 g/mol. The lowest BCUT2D eigenvalue weighted by atomic mass is 9.95. The molecule has 3 nitrogen and oxygen atoms in total. The molecule has 1 heterocycles. The molecule has 1 aromatic carbocycles. The van der Waals surface area contributed by atoms with Crippen molar-refractivity contribution in [1.29, 1.82) is 0 Å². The van der Waals surface area contributed by atoms with Crippen LogP contribution in [0.2, 0.25) is 5.02 Å². The highest BCUT2D eigenvalue weighted by atomic mass is 35.5. The van der Waals surface area contributed by atoms with Crippen molar-refractivity contribution in [3.8, 4) is 0 Å². The summed E-state index contributed by atoms with van der Waals surface area (Å²) in [5.74, 6) is 6.24. The van der Waals surface area contributed by atoms with E-state index in [1.807, 2.05) is 18.2 Å². The first-order valence-corrected chi connectivity index (χ1v) is 6.44. The molecule has 0 saturated carbocycles. The van der Waals surface area contributed by atoms with Gasteiger partial charge in [-0.1, -0.05) is 29.8 Å². The second-order valence-corrected chi connectivity index (χ2v) is 5.03. The Morgan fingerprint density at radius 2 is 2.29 bits per heavy atom. The average molecular weight is 255 g/mol. The second-order valence-electron chi connectivity index (χ2n) is 4.62. The van der Waals surface area contributed by atoms with E-state index in [0.717, 1.165) is 43.1 Å². The highest BCUT2D eigenvalue weighted by Gasteiger charge is 2.20. The van der Waals surface area contributed by atoms with E-state index in [9.17, 15) is 0 Å². The van der Waals surface area contributed by atoms with Gasteiger partial charge >= 0.3 is 0 Å².